The van der Waals surface area contributed by atoms with E-state index >= 15 is 0 Å². The number of carbonyl (C=O) groups excluding carboxylic acids is 1. The van der Waals surface area contributed by atoms with Crippen LogP contribution < -0.4 is 4.90 Å². The highest BCUT2D eigenvalue weighted by molar-refractivity contribution is 7.14. The van der Waals surface area contributed by atoms with Crippen molar-refractivity contribution in [3.63, 3.8) is 0 Å². The average Bonchev–Trinajstić information content (AvgIpc) is 3.12. The Morgan fingerprint density at radius 1 is 1.48 bits per heavy atom. The molecule has 0 bridgehead atoms. The summed E-state index contributed by atoms with van der Waals surface area (Å²) in [5, 5.41) is 21.8. The van der Waals surface area contributed by atoms with E-state index in [4.69, 9.17) is 10.00 Å². The topological polar surface area (TPSA) is 86.5 Å². The highest BCUT2D eigenvalue weighted by Gasteiger charge is 2.27. The lowest BCUT2D eigenvalue weighted by molar-refractivity contribution is -0.148. The second-order valence-electron chi connectivity index (χ2n) is 5.87. The fourth-order valence-corrected chi connectivity index (χ4v) is 3.79. The second-order valence-corrected chi connectivity index (χ2v) is 6.71. The molecule has 6 nitrogen and oxygen atoms in total. The van der Waals surface area contributed by atoms with Crippen LogP contribution in [0.5, 0.6) is 5.75 Å². The van der Waals surface area contributed by atoms with Crippen molar-refractivity contribution in [2.24, 2.45) is 5.92 Å². The zero-order valence-electron chi connectivity index (χ0n) is 13.9. The Labute approximate surface area is 150 Å². The number of benzene rings is 1. The Hall–Kier alpha value is -2.59. The van der Waals surface area contributed by atoms with Crippen LogP contribution in [0.25, 0.3) is 11.3 Å². The maximum absolute atomic E-state index is 11.8. The number of nitrogens with zero attached hydrogens (tertiary/aromatic N) is 3. The van der Waals surface area contributed by atoms with Gasteiger partial charge in [-0.05, 0) is 38.0 Å². The first-order valence-electron chi connectivity index (χ1n) is 8.23. The first kappa shape index (κ1) is 17.2. The number of aromatic nitrogens is 1. The summed E-state index contributed by atoms with van der Waals surface area (Å²) in [4.78, 5) is 18.6. The van der Waals surface area contributed by atoms with Crippen LogP contribution in [0, 0.1) is 17.2 Å². The average molecular weight is 357 g/mol. The van der Waals surface area contributed by atoms with Crippen molar-refractivity contribution in [3.8, 4) is 23.1 Å². The lowest BCUT2D eigenvalue weighted by Crippen LogP contribution is -2.36. The predicted octanol–water partition coefficient (Wildman–Crippen LogP) is 3.17. The first-order valence-corrected chi connectivity index (χ1v) is 9.11. The van der Waals surface area contributed by atoms with Gasteiger partial charge < -0.3 is 14.7 Å². The summed E-state index contributed by atoms with van der Waals surface area (Å²) >= 11 is 1.50. The molecule has 0 spiro atoms. The summed E-state index contributed by atoms with van der Waals surface area (Å²) in [6.45, 7) is 3.74. The monoisotopic (exact) mass is 357 g/mol. The van der Waals surface area contributed by atoms with E-state index in [1.807, 2.05) is 12.3 Å². The molecule has 0 radical (unpaired) electrons. The number of rotatable bonds is 4. The van der Waals surface area contributed by atoms with Crippen LogP contribution >= 0.6 is 11.3 Å². The summed E-state index contributed by atoms with van der Waals surface area (Å²) in [6.07, 6.45) is 1.51. The molecule has 0 saturated carbocycles. The molecule has 1 aliphatic heterocycles. The summed E-state index contributed by atoms with van der Waals surface area (Å²) in [5.41, 5.74) is 1.70. The summed E-state index contributed by atoms with van der Waals surface area (Å²) in [5.74, 6) is -0.0379. The lowest BCUT2D eigenvalue weighted by atomic mass is 9.97. The van der Waals surface area contributed by atoms with E-state index in [1.165, 1.54) is 17.4 Å². The van der Waals surface area contributed by atoms with Crippen LogP contribution in [0.4, 0.5) is 5.13 Å². The molecule has 2 aromatic rings. The minimum atomic E-state index is -0.111. The van der Waals surface area contributed by atoms with Crippen LogP contribution in [-0.4, -0.2) is 35.8 Å². The number of piperidine rings is 1. The normalized spacial score (nSPS) is 15.0. The maximum Gasteiger partial charge on any atom is 0.309 e. The van der Waals surface area contributed by atoms with Crippen molar-refractivity contribution in [1.82, 2.24) is 4.98 Å². The van der Waals surface area contributed by atoms with Gasteiger partial charge in [-0.15, -0.1) is 11.3 Å². The molecule has 1 aromatic heterocycles. The number of hydrogen-bond donors (Lipinski definition) is 1. The van der Waals surface area contributed by atoms with Crippen LogP contribution in [0.3, 0.4) is 0 Å². The highest BCUT2D eigenvalue weighted by atomic mass is 32.1. The summed E-state index contributed by atoms with van der Waals surface area (Å²) < 4.78 is 5.09. The van der Waals surface area contributed by atoms with Gasteiger partial charge in [0.15, 0.2) is 5.13 Å². The van der Waals surface area contributed by atoms with Crippen molar-refractivity contribution in [2.75, 3.05) is 24.6 Å². The minimum absolute atomic E-state index is 0.0352. The molecule has 2 heterocycles. The van der Waals surface area contributed by atoms with Crippen LogP contribution in [-0.2, 0) is 9.53 Å². The molecule has 0 atom stereocenters. The Morgan fingerprint density at radius 3 is 2.92 bits per heavy atom. The number of phenols is 1. The van der Waals surface area contributed by atoms with Gasteiger partial charge in [-0.2, -0.15) is 5.26 Å². The van der Waals surface area contributed by atoms with Gasteiger partial charge in [0.1, 0.15) is 5.75 Å². The smallest absolute Gasteiger partial charge is 0.309 e. The Bertz CT molecular complexity index is 804. The van der Waals surface area contributed by atoms with Gasteiger partial charge in [0, 0.05) is 24.0 Å². The fourth-order valence-electron chi connectivity index (χ4n) is 2.91. The van der Waals surface area contributed by atoms with Gasteiger partial charge in [0.05, 0.1) is 29.9 Å². The van der Waals surface area contributed by atoms with E-state index in [-0.39, 0.29) is 17.6 Å². The third kappa shape index (κ3) is 3.74. The quantitative estimate of drug-likeness (QED) is 0.846. The minimum Gasteiger partial charge on any atom is -0.507 e. The third-order valence-electron chi connectivity index (χ3n) is 4.28. The zero-order valence-corrected chi connectivity index (χ0v) is 14.8. The van der Waals surface area contributed by atoms with Gasteiger partial charge in [-0.25, -0.2) is 4.98 Å². The number of carbonyl (C=O) groups is 1. The fraction of sp³-hybridized carbons (Fsp3) is 0.389. The highest BCUT2D eigenvalue weighted by Crippen LogP contribution is 2.34. The van der Waals surface area contributed by atoms with E-state index in [0.717, 1.165) is 31.1 Å². The predicted molar refractivity (Wildman–Crippen MR) is 95.5 cm³/mol. The molecular formula is C18H19N3O3S. The van der Waals surface area contributed by atoms with Crippen molar-refractivity contribution in [1.29, 1.82) is 5.26 Å². The Morgan fingerprint density at radius 2 is 2.24 bits per heavy atom. The Kier molecular flexibility index (Phi) is 5.19. The van der Waals surface area contributed by atoms with Gasteiger partial charge in [-0.1, -0.05) is 0 Å². The van der Waals surface area contributed by atoms with E-state index < -0.39 is 0 Å². The number of nitriles is 1. The molecule has 25 heavy (non-hydrogen) atoms. The van der Waals surface area contributed by atoms with E-state index in [0.29, 0.717) is 23.4 Å². The molecule has 0 amide bonds. The Balaban J connectivity index is 1.71. The molecule has 3 rings (SSSR count). The molecule has 0 unspecified atom stereocenters. The van der Waals surface area contributed by atoms with E-state index in [9.17, 15) is 9.90 Å². The SMILES string of the molecule is CCOC(=O)C1CCN(c2nc(-c3cc(C#N)ccc3O)cs2)CC1. The molecule has 1 fully saturated rings. The van der Waals surface area contributed by atoms with Gasteiger partial charge >= 0.3 is 5.97 Å². The number of esters is 1. The van der Waals surface area contributed by atoms with Crippen LogP contribution in [0.2, 0.25) is 0 Å². The number of thiazole rings is 1. The van der Waals surface area contributed by atoms with Crippen LogP contribution in [0.1, 0.15) is 25.3 Å². The van der Waals surface area contributed by atoms with Crippen LogP contribution in [0.15, 0.2) is 23.6 Å². The number of anilines is 1. The molecule has 1 aliphatic rings. The summed E-state index contributed by atoms with van der Waals surface area (Å²) in [6, 6.07) is 6.80. The first-order chi connectivity index (χ1) is 12.1. The lowest BCUT2D eigenvalue weighted by Gasteiger charge is -2.30. The third-order valence-corrected chi connectivity index (χ3v) is 5.18. The molecule has 1 aromatic carbocycles. The van der Waals surface area contributed by atoms with Crippen molar-refractivity contribution in [2.45, 2.75) is 19.8 Å². The number of hydrogen-bond acceptors (Lipinski definition) is 7. The van der Waals surface area contributed by atoms with Gasteiger partial charge in [-0.3, -0.25) is 4.79 Å². The van der Waals surface area contributed by atoms with Gasteiger partial charge in [0.2, 0.25) is 0 Å². The van der Waals surface area contributed by atoms with E-state index in [1.54, 1.807) is 12.1 Å². The zero-order chi connectivity index (χ0) is 17.8. The largest absolute Gasteiger partial charge is 0.507 e. The molecule has 130 valence electrons. The molecule has 7 heteroatoms. The number of aromatic hydroxyl groups is 1. The number of phenolic OH excluding ortho intramolecular Hbond substituents is 1. The molecule has 1 saturated heterocycles. The molecular weight excluding hydrogens is 338 g/mol. The molecule has 1 N–H and O–H groups in total. The second kappa shape index (κ2) is 7.53. The maximum atomic E-state index is 11.8. The van der Waals surface area contributed by atoms with Crippen molar-refractivity contribution in [3.05, 3.63) is 29.1 Å². The van der Waals surface area contributed by atoms with Crippen molar-refractivity contribution < 1.29 is 14.6 Å². The molecule has 0 aliphatic carbocycles. The van der Waals surface area contributed by atoms with Gasteiger partial charge in [0.25, 0.3) is 0 Å². The van der Waals surface area contributed by atoms with Crippen molar-refractivity contribution >= 4 is 22.4 Å². The van der Waals surface area contributed by atoms with E-state index in [2.05, 4.69) is 16.0 Å². The standard InChI is InChI=1S/C18H19N3O3S/c1-2-24-17(23)13-5-7-21(8-6-13)18-20-15(11-25-18)14-9-12(10-19)3-4-16(14)22/h3-4,9,11,13,22H,2,5-8H2,1H3. The number of ether oxygens (including phenoxy) is 1. The summed E-state index contributed by atoms with van der Waals surface area (Å²) in [7, 11) is 0.